The zero-order chi connectivity index (χ0) is 9.23. The van der Waals surface area contributed by atoms with E-state index in [-0.39, 0.29) is 0 Å². The topological polar surface area (TPSA) is 49.4 Å². The standard InChI is InChI=1S/C6H6.C2H3O3P/c1-2-4-6-5-3-1;1-2-5-6(3)4/h1-6H;2H,1H2. The molecule has 0 aliphatic heterocycles. The van der Waals surface area contributed by atoms with Crippen molar-refractivity contribution in [2.24, 2.45) is 0 Å². The summed E-state index contributed by atoms with van der Waals surface area (Å²) in [4.78, 5) is 9.34. The van der Waals surface area contributed by atoms with Crippen molar-refractivity contribution in [3.8, 4) is 0 Å². The molecule has 1 aromatic rings. The smallest absolute Gasteiger partial charge is 0.538 e. The molecule has 12 heavy (non-hydrogen) atoms. The Morgan fingerprint density at radius 3 is 1.58 bits per heavy atom. The number of hydrogen-bond donors (Lipinski definition) is 0. The number of rotatable bonds is 2. The van der Waals surface area contributed by atoms with E-state index in [1.54, 1.807) is 0 Å². The molecule has 4 heteroatoms. The van der Waals surface area contributed by atoms with Gasteiger partial charge in [-0.25, -0.2) is 0 Å². The minimum absolute atomic E-state index is 0.853. The molecule has 0 saturated carbocycles. The van der Waals surface area contributed by atoms with Crippen LogP contribution in [0.4, 0.5) is 0 Å². The van der Waals surface area contributed by atoms with Gasteiger partial charge >= 0.3 is 8.25 Å². The van der Waals surface area contributed by atoms with Crippen LogP contribution < -0.4 is 4.89 Å². The number of benzene rings is 1. The van der Waals surface area contributed by atoms with Crippen molar-refractivity contribution in [3.63, 3.8) is 0 Å². The molecule has 0 bridgehead atoms. The molecule has 0 amide bonds. The molecule has 0 fully saturated rings. The summed E-state index contributed by atoms with van der Waals surface area (Å²) in [7, 11) is -2.72. The minimum Gasteiger partial charge on any atom is -0.558 e. The molecular weight excluding hydrogens is 175 g/mol. The van der Waals surface area contributed by atoms with Crippen LogP contribution in [0.3, 0.4) is 0 Å². The Bertz CT molecular complexity index is 196. The summed E-state index contributed by atoms with van der Waals surface area (Å²) in [6.07, 6.45) is 0.853. The average Bonchev–Trinajstić information content (AvgIpc) is 2.08. The molecule has 0 aliphatic carbocycles. The molecular formula is C8H9O3P. The van der Waals surface area contributed by atoms with E-state index in [1.807, 2.05) is 36.4 Å². The normalized spacial score (nSPS) is 8.92. The van der Waals surface area contributed by atoms with Crippen LogP contribution in [-0.4, -0.2) is 0 Å². The first-order valence-electron chi connectivity index (χ1n) is 3.19. The lowest BCUT2D eigenvalue weighted by atomic mass is 10.4. The zero-order valence-electron chi connectivity index (χ0n) is 6.42. The Kier molecular flexibility index (Phi) is 7.14. The van der Waals surface area contributed by atoms with E-state index in [9.17, 15) is 9.46 Å². The SMILES string of the molecule is C=CO[P+](=O)[O-].c1ccccc1. The molecule has 0 spiro atoms. The second kappa shape index (κ2) is 7.92. The van der Waals surface area contributed by atoms with Crippen LogP contribution in [-0.2, 0) is 9.09 Å². The van der Waals surface area contributed by atoms with Crippen molar-refractivity contribution in [1.82, 2.24) is 0 Å². The number of hydrogen-bond acceptors (Lipinski definition) is 3. The molecule has 0 aromatic heterocycles. The van der Waals surface area contributed by atoms with Gasteiger partial charge in [0.05, 0.1) is 0 Å². The fourth-order valence-corrected chi connectivity index (χ4v) is 0.567. The van der Waals surface area contributed by atoms with Crippen LogP contribution in [0.1, 0.15) is 0 Å². The average molecular weight is 184 g/mol. The molecule has 1 aromatic carbocycles. The van der Waals surface area contributed by atoms with Crippen molar-refractivity contribution in [1.29, 1.82) is 0 Å². The predicted molar refractivity (Wildman–Crippen MR) is 45.3 cm³/mol. The molecule has 1 atom stereocenters. The maximum absolute atomic E-state index is 9.34. The van der Waals surface area contributed by atoms with Crippen LogP contribution in [0.2, 0.25) is 0 Å². The van der Waals surface area contributed by atoms with Crippen molar-refractivity contribution in [3.05, 3.63) is 49.2 Å². The molecule has 1 unspecified atom stereocenters. The molecule has 64 valence electrons. The van der Waals surface area contributed by atoms with Crippen LogP contribution in [0.5, 0.6) is 0 Å². The summed E-state index contributed by atoms with van der Waals surface area (Å²) in [6.45, 7) is 2.99. The molecule has 0 saturated heterocycles. The summed E-state index contributed by atoms with van der Waals surface area (Å²) < 4.78 is 13.1. The third-order valence-corrected chi connectivity index (χ3v) is 1.15. The molecule has 0 radical (unpaired) electrons. The first kappa shape index (κ1) is 10.8. The van der Waals surface area contributed by atoms with E-state index in [4.69, 9.17) is 0 Å². The van der Waals surface area contributed by atoms with Gasteiger partial charge < -0.3 is 4.89 Å². The van der Waals surface area contributed by atoms with Gasteiger partial charge in [-0.1, -0.05) is 43.0 Å². The Morgan fingerprint density at radius 2 is 1.50 bits per heavy atom. The Balaban J connectivity index is 0.000000202. The van der Waals surface area contributed by atoms with E-state index >= 15 is 0 Å². The highest BCUT2D eigenvalue weighted by molar-refractivity contribution is 7.30. The second-order valence-corrected chi connectivity index (χ2v) is 2.31. The molecule has 1 rings (SSSR count). The van der Waals surface area contributed by atoms with Crippen molar-refractivity contribution in [2.75, 3.05) is 0 Å². The van der Waals surface area contributed by atoms with Gasteiger partial charge in [0.2, 0.25) is 0 Å². The van der Waals surface area contributed by atoms with Gasteiger partial charge in [-0.05, 0) is 4.57 Å². The Morgan fingerprint density at radius 1 is 1.17 bits per heavy atom. The van der Waals surface area contributed by atoms with E-state index in [1.165, 1.54) is 0 Å². The fourth-order valence-electron chi connectivity index (χ4n) is 0.446. The fraction of sp³-hybridized carbons (Fsp3) is 0. The van der Waals surface area contributed by atoms with Crippen LogP contribution in [0, 0.1) is 0 Å². The predicted octanol–water partition coefficient (Wildman–Crippen LogP) is 1.85. The Labute approximate surface area is 72.3 Å². The first-order chi connectivity index (χ1) is 5.77. The summed E-state index contributed by atoms with van der Waals surface area (Å²) in [5, 5.41) is 0. The monoisotopic (exact) mass is 184 g/mol. The highest BCUT2D eigenvalue weighted by Crippen LogP contribution is 2.06. The Hall–Kier alpha value is -1.18. The maximum atomic E-state index is 9.34. The van der Waals surface area contributed by atoms with Gasteiger partial charge in [-0.2, -0.15) is 0 Å². The third-order valence-electron chi connectivity index (χ3n) is 0.827. The van der Waals surface area contributed by atoms with Gasteiger partial charge in [-0.3, -0.25) is 4.52 Å². The highest BCUT2D eigenvalue weighted by Gasteiger charge is 1.89. The van der Waals surface area contributed by atoms with Crippen molar-refractivity contribution in [2.45, 2.75) is 0 Å². The molecule has 0 aliphatic rings. The van der Waals surface area contributed by atoms with E-state index in [0.29, 0.717) is 0 Å². The summed E-state index contributed by atoms with van der Waals surface area (Å²) in [6, 6.07) is 12.0. The highest BCUT2D eigenvalue weighted by atomic mass is 31.1. The van der Waals surface area contributed by atoms with Gasteiger partial charge in [-0.15, -0.1) is 0 Å². The van der Waals surface area contributed by atoms with Crippen LogP contribution >= 0.6 is 8.25 Å². The molecule has 0 heterocycles. The van der Waals surface area contributed by atoms with Crippen LogP contribution in [0.15, 0.2) is 49.2 Å². The van der Waals surface area contributed by atoms with Crippen molar-refractivity contribution < 1.29 is 14.0 Å². The van der Waals surface area contributed by atoms with E-state index in [2.05, 4.69) is 11.1 Å². The third kappa shape index (κ3) is 8.82. The van der Waals surface area contributed by atoms with Gasteiger partial charge in [0.15, 0.2) is 0 Å². The molecule has 0 N–H and O–H groups in total. The summed E-state index contributed by atoms with van der Waals surface area (Å²) in [5.74, 6) is 0. The van der Waals surface area contributed by atoms with Crippen LogP contribution in [0.25, 0.3) is 0 Å². The lowest BCUT2D eigenvalue weighted by Gasteiger charge is -1.75. The van der Waals surface area contributed by atoms with E-state index < -0.39 is 8.25 Å². The largest absolute Gasteiger partial charge is 0.558 e. The van der Waals surface area contributed by atoms with Gasteiger partial charge in [0.1, 0.15) is 6.26 Å². The zero-order valence-corrected chi connectivity index (χ0v) is 7.31. The van der Waals surface area contributed by atoms with E-state index in [0.717, 1.165) is 6.26 Å². The van der Waals surface area contributed by atoms with Gasteiger partial charge in [0.25, 0.3) is 0 Å². The maximum Gasteiger partial charge on any atom is 0.538 e. The minimum atomic E-state index is -2.72. The quantitative estimate of drug-likeness (QED) is 0.520. The first-order valence-corrected chi connectivity index (χ1v) is 4.29. The summed E-state index contributed by atoms with van der Waals surface area (Å²) >= 11 is 0. The lowest BCUT2D eigenvalue weighted by Crippen LogP contribution is -1.83. The van der Waals surface area contributed by atoms with Gasteiger partial charge in [0, 0.05) is 0 Å². The summed E-state index contributed by atoms with van der Waals surface area (Å²) in [5.41, 5.74) is 0. The second-order valence-electron chi connectivity index (χ2n) is 1.65. The lowest BCUT2D eigenvalue weighted by molar-refractivity contribution is -0.181. The van der Waals surface area contributed by atoms with Crippen molar-refractivity contribution >= 4 is 8.25 Å². The molecule has 3 nitrogen and oxygen atoms in total.